The summed E-state index contributed by atoms with van der Waals surface area (Å²) in [6.45, 7) is 3.67. The zero-order chi connectivity index (χ0) is 16.3. The predicted octanol–water partition coefficient (Wildman–Crippen LogP) is 2.59. The van der Waals surface area contributed by atoms with Gasteiger partial charge in [0.2, 0.25) is 5.71 Å². The Bertz CT molecular complexity index is 765. The van der Waals surface area contributed by atoms with Gasteiger partial charge in [-0.15, -0.1) is 0 Å². The van der Waals surface area contributed by atoms with Crippen LogP contribution in [0, 0.1) is 32.8 Å². The first-order valence-corrected chi connectivity index (χ1v) is 6.21. The second-order valence-electron chi connectivity index (χ2n) is 5.00. The number of nitro groups is 1. The van der Waals surface area contributed by atoms with Crippen molar-refractivity contribution in [3.05, 3.63) is 33.9 Å². The number of hydrazone groups is 1. The fourth-order valence-corrected chi connectivity index (χ4v) is 1.84. The van der Waals surface area contributed by atoms with E-state index in [1.165, 1.54) is 12.1 Å². The van der Waals surface area contributed by atoms with Crippen molar-refractivity contribution in [3.63, 3.8) is 0 Å². The molecule has 0 amide bonds. The Balaban J connectivity index is 2.48. The van der Waals surface area contributed by atoms with Crippen molar-refractivity contribution in [2.45, 2.75) is 19.4 Å². The van der Waals surface area contributed by atoms with Gasteiger partial charge >= 0.3 is 0 Å². The molecular formula is C14H11N5O3. The Hall–Kier alpha value is -3.39. The average Bonchev–Trinajstić information content (AvgIpc) is 2.46. The second kappa shape index (κ2) is 5.54. The van der Waals surface area contributed by atoms with E-state index in [0.29, 0.717) is 11.3 Å². The normalized spacial score (nSPS) is 13.8. The fourth-order valence-electron chi connectivity index (χ4n) is 1.84. The van der Waals surface area contributed by atoms with Gasteiger partial charge in [-0.25, -0.2) is 0 Å². The predicted molar refractivity (Wildman–Crippen MR) is 79.1 cm³/mol. The highest BCUT2D eigenvalue weighted by molar-refractivity contribution is 6.10. The SMILES string of the molecule is CC1(C)C=Cc2cc(NN=C(C#N)C#N)c([N+](=O)[O-])cc2O1. The number of nitro benzene ring substituents is 1. The molecule has 0 fully saturated rings. The zero-order valence-corrected chi connectivity index (χ0v) is 11.8. The summed E-state index contributed by atoms with van der Waals surface area (Å²) in [6.07, 6.45) is 3.61. The molecule has 0 spiro atoms. The number of anilines is 1. The molecule has 8 nitrogen and oxygen atoms in total. The van der Waals surface area contributed by atoms with Crippen molar-refractivity contribution in [2.24, 2.45) is 5.10 Å². The highest BCUT2D eigenvalue weighted by Gasteiger charge is 2.26. The lowest BCUT2D eigenvalue weighted by Crippen LogP contribution is -2.27. The minimum absolute atomic E-state index is 0.0692. The highest BCUT2D eigenvalue weighted by atomic mass is 16.6. The van der Waals surface area contributed by atoms with Crippen LogP contribution < -0.4 is 10.2 Å². The van der Waals surface area contributed by atoms with E-state index in [0.717, 1.165) is 0 Å². The summed E-state index contributed by atoms with van der Waals surface area (Å²) in [4.78, 5) is 10.6. The number of nitriles is 2. The number of nitrogens with zero attached hydrogens (tertiary/aromatic N) is 4. The maximum Gasteiger partial charge on any atom is 0.297 e. The molecule has 0 saturated heterocycles. The van der Waals surface area contributed by atoms with E-state index in [9.17, 15) is 10.1 Å². The van der Waals surface area contributed by atoms with Crippen molar-refractivity contribution in [1.29, 1.82) is 10.5 Å². The van der Waals surface area contributed by atoms with E-state index in [4.69, 9.17) is 15.3 Å². The summed E-state index contributed by atoms with van der Waals surface area (Å²) in [5.41, 5.74) is 1.84. The fraction of sp³-hybridized carbons (Fsp3) is 0.214. The van der Waals surface area contributed by atoms with Gasteiger partial charge in [0.25, 0.3) is 5.69 Å². The monoisotopic (exact) mass is 297 g/mol. The van der Waals surface area contributed by atoms with Crippen molar-refractivity contribution in [3.8, 4) is 17.9 Å². The lowest BCUT2D eigenvalue weighted by molar-refractivity contribution is -0.384. The van der Waals surface area contributed by atoms with Crippen LogP contribution in [0.2, 0.25) is 0 Å². The van der Waals surface area contributed by atoms with Crippen molar-refractivity contribution < 1.29 is 9.66 Å². The summed E-state index contributed by atoms with van der Waals surface area (Å²) < 4.78 is 5.67. The maximum atomic E-state index is 11.2. The molecular weight excluding hydrogens is 286 g/mol. The smallest absolute Gasteiger partial charge is 0.297 e. The van der Waals surface area contributed by atoms with Gasteiger partial charge in [0.1, 0.15) is 29.2 Å². The summed E-state index contributed by atoms with van der Waals surface area (Å²) in [5, 5.41) is 31.9. The van der Waals surface area contributed by atoms with Crippen molar-refractivity contribution in [2.75, 3.05) is 5.43 Å². The van der Waals surface area contributed by atoms with Crippen molar-refractivity contribution >= 4 is 23.2 Å². The molecule has 1 heterocycles. The number of benzene rings is 1. The minimum Gasteiger partial charge on any atom is -0.483 e. The van der Waals surface area contributed by atoms with Gasteiger partial charge in [0.15, 0.2) is 0 Å². The Morgan fingerprint density at radius 3 is 2.68 bits per heavy atom. The summed E-state index contributed by atoms with van der Waals surface area (Å²) in [7, 11) is 0. The molecule has 0 aromatic heterocycles. The van der Waals surface area contributed by atoms with E-state index in [1.54, 1.807) is 18.2 Å². The first-order chi connectivity index (χ1) is 10.4. The molecule has 0 unspecified atom stereocenters. The van der Waals surface area contributed by atoms with Gasteiger partial charge in [0, 0.05) is 5.56 Å². The molecule has 0 radical (unpaired) electrons. The number of hydrogen-bond acceptors (Lipinski definition) is 7. The third-order valence-electron chi connectivity index (χ3n) is 2.86. The second-order valence-corrected chi connectivity index (χ2v) is 5.00. The van der Waals surface area contributed by atoms with Crippen LogP contribution in [0.15, 0.2) is 23.3 Å². The molecule has 2 rings (SSSR count). The van der Waals surface area contributed by atoms with E-state index in [1.807, 2.05) is 19.9 Å². The summed E-state index contributed by atoms with van der Waals surface area (Å²) in [5.74, 6) is 0.384. The molecule has 110 valence electrons. The topological polar surface area (TPSA) is 124 Å². The molecule has 1 aromatic rings. The molecule has 22 heavy (non-hydrogen) atoms. The third kappa shape index (κ3) is 3.02. The molecule has 8 heteroatoms. The molecule has 0 atom stereocenters. The average molecular weight is 297 g/mol. The standard InChI is InChI=1S/C14H11N5O3/c1-14(2)4-3-9-5-11(18-17-10(7-15)8-16)12(19(20)21)6-13(9)22-14/h3-6,18H,1-2H3. The Labute approximate surface area is 126 Å². The van der Waals surface area contributed by atoms with Gasteiger partial charge in [-0.2, -0.15) is 15.6 Å². The molecule has 1 N–H and O–H groups in total. The molecule has 0 saturated carbocycles. The van der Waals surface area contributed by atoms with E-state index >= 15 is 0 Å². The number of fused-ring (bicyclic) bond motifs is 1. The number of rotatable bonds is 3. The quantitative estimate of drug-likeness (QED) is 0.519. The van der Waals surface area contributed by atoms with Crippen LogP contribution in [0.3, 0.4) is 0 Å². The van der Waals surface area contributed by atoms with Crippen LogP contribution in [-0.4, -0.2) is 16.2 Å². The van der Waals surface area contributed by atoms with Gasteiger partial charge in [0.05, 0.1) is 11.0 Å². The molecule has 0 bridgehead atoms. The molecule has 1 aliphatic rings. The lowest BCUT2D eigenvalue weighted by Gasteiger charge is -2.27. The minimum atomic E-state index is -0.592. The first-order valence-electron chi connectivity index (χ1n) is 6.21. The van der Waals surface area contributed by atoms with Gasteiger partial charge in [-0.05, 0) is 26.0 Å². The van der Waals surface area contributed by atoms with Crippen LogP contribution in [0.4, 0.5) is 11.4 Å². The van der Waals surface area contributed by atoms with Crippen LogP contribution in [0.1, 0.15) is 19.4 Å². The largest absolute Gasteiger partial charge is 0.483 e. The third-order valence-corrected chi connectivity index (χ3v) is 2.86. The maximum absolute atomic E-state index is 11.2. The van der Waals surface area contributed by atoms with Gasteiger partial charge < -0.3 is 4.74 Å². The Morgan fingerprint density at radius 2 is 2.09 bits per heavy atom. The number of ether oxygens (including phenoxy) is 1. The molecule has 0 aliphatic carbocycles. The Morgan fingerprint density at radius 1 is 1.41 bits per heavy atom. The number of hydrogen-bond donors (Lipinski definition) is 1. The van der Waals surface area contributed by atoms with Crippen LogP contribution >= 0.6 is 0 Å². The molecule has 1 aromatic carbocycles. The van der Waals surface area contributed by atoms with Gasteiger partial charge in [-0.1, -0.05) is 6.08 Å². The zero-order valence-electron chi connectivity index (χ0n) is 11.8. The van der Waals surface area contributed by atoms with E-state index < -0.39 is 16.2 Å². The van der Waals surface area contributed by atoms with Crippen molar-refractivity contribution in [1.82, 2.24) is 0 Å². The van der Waals surface area contributed by atoms with Gasteiger partial charge in [-0.3, -0.25) is 15.5 Å². The van der Waals surface area contributed by atoms with Crippen LogP contribution in [0.5, 0.6) is 5.75 Å². The molecule has 1 aliphatic heterocycles. The highest BCUT2D eigenvalue weighted by Crippen LogP contribution is 2.38. The van der Waals surface area contributed by atoms with E-state index in [2.05, 4.69) is 10.5 Å². The number of nitrogens with one attached hydrogen (secondary N) is 1. The first kappa shape index (κ1) is 15.0. The summed E-state index contributed by atoms with van der Waals surface area (Å²) >= 11 is 0. The lowest BCUT2D eigenvalue weighted by atomic mass is 10.0. The van der Waals surface area contributed by atoms with E-state index in [-0.39, 0.29) is 11.4 Å². The summed E-state index contributed by atoms with van der Waals surface area (Å²) in [6, 6.07) is 5.89. The van der Waals surface area contributed by atoms with Crippen LogP contribution in [-0.2, 0) is 0 Å². The Kier molecular flexibility index (Phi) is 3.78. The van der Waals surface area contributed by atoms with Crippen LogP contribution in [0.25, 0.3) is 6.08 Å².